The Hall–Kier alpha value is -1.53. The summed E-state index contributed by atoms with van der Waals surface area (Å²) in [4.78, 5) is 4.41. The number of aliphatic imine (C=N–C) groups is 1. The maximum absolute atomic E-state index is 5.48. The number of rotatable bonds is 3. The van der Waals surface area contributed by atoms with Gasteiger partial charge in [0.1, 0.15) is 0 Å². The molecule has 6 heteroatoms. The van der Waals surface area contributed by atoms with Crippen molar-refractivity contribution in [3.63, 3.8) is 0 Å². The zero-order valence-electron chi connectivity index (χ0n) is 10.4. The number of aromatic nitrogens is 2. The molecule has 19 heavy (non-hydrogen) atoms. The molecule has 0 amide bonds. The van der Waals surface area contributed by atoms with Gasteiger partial charge in [0.05, 0.1) is 16.7 Å². The molecule has 0 atom stereocenters. The van der Waals surface area contributed by atoms with Crippen LogP contribution in [-0.2, 0) is 0 Å². The van der Waals surface area contributed by atoms with E-state index in [0.717, 1.165) is 15.4 Å². The number of fused-ring (bicyclic) bond motifs is 1. The largest absolute Gasteiger partial charge is 0.404 e. The molecule has 0 bridgehead atoms. The molecule has 2 aromatic rings. The average Bonchev–Trinajstić information content (AvgIpc) is 2.83. The molecule has 0 spiro atoms. The van der Waals surface area contributed by atoms with Crippen LogP contribution in [0.2, 0.25) is 0 Å². The van der Waals surface area contributed by atoms with Gasteiger partial charge in [-0.2, -0.15) is 5.10 Å². The predicted octanol–water partition coefficient (Wildman–Crippen LogP) is 3.35. The van der Waals surface area contributed by atoms with E-state index in [2.05, 4.69) is 32.6 Å². The number of benzene rings is 1. The molecular weight excluding hydrogens is 324 g/mol. The second kappa shape index (κ2) is 6.08. The molecule has 0 fully saturated rings. The molecular formula is C13H13BrN4S. The monoisotopic (exact) mass is 336 g/mol. The highest BCUT2D eigenvalue weighted by molar-refractivity contribution is 9.10. The van der Waals surface area contributed by atoms with Crippen LogP contribution in [0.3, 0.4) is 0 Å². The molecule has 0 aliphatic rings. The Morgan fingerprint density at radius 2 is 2.37 bits per heavy atom. The normalized spacial score (nSPS) is 12.4. The van der Waals surface area contributed by atoms with Crippen LogP contribution in [0.4, 0.5) is 0 Å². The van der Waals surface area contributed by atoms with E-state index >= 15 is 0 Å². The minimum absolute atomic E-state index is 0.634. The summed E-state index contributed by atoms with van der Waals surface area (Å²) in [6, 6.07) is 5.91. The van der Waals surface area contributed by atoms with Crippen molar-refractivity contribution < 1.29 is 0 Å². The molecule has 2 N–H and O–H groups in total. The van der Waals surface area contributed by atoms with Gasteiger partial charge in [-0.3, -0.25) is 0 Å². The third-order valence-electron chi connectivity index (χ3n) is 2.50. The maximum atomic E-state index is 5.48. The van der Waals surface area contributed by atoms with Crippen LogP contribution in [0.25, 0.3) is 10.9 Å². The van der Waals surface area contributed by atoms with Crippen LogP contribution in [0.15, 0.2) is 57.7 Å². The number of hydrogen-bond acceptors (Lipinski definition) is 4. The van der Waals surface area contributed by atoms with E-state index in [1.807, 2.05) is 24.5 Å². The first-order chi connectivity index (χ1) is 9.17. The van der Waals surface area contributed by atoms with Crippen molar-refractivity contribution in [3.05, 3.63) is 52.8 Å². The van der Waals surface area contributed by atoms with Crippen LogP contribution in [-0.4, -0.2) is 21.9 Å². The Labute approximate surface area is 124 Å². The Balaban J connectivity index is 2.61. The lowest BCUT2D eigenvalue weighted by Crippen LogP contribution is -2.11. The van der Waals surface area contributed by atoms with E-state index in [1.165, 1.54) is 18.0 Å². The Morgan fingerprint density at radius 1 is 1.58 bits per heavy atom. The van der Waals surface area contributed by atoms with Gasteiger partial charge in [0, 0.05) is 9.86 Å². The minimum Gasteiger partial charge on any atom is -0.404 e. The zero-order chi connectivity index (χ0) is 13.8. The quantitative estimate of drug-likeness (QED) is 0.690. The Morgan fingerprint density at radius 3 is 3.05 bits per heavy atom. The van der Waals surface area contributed by atoms with Crippen molar-refractivity contribution in [2.75, 3.05) is 6.26 Å². The van der Waals surface area contributed by atoms with Gasteiger partial charge in [-0.1, -0.05) is 28.6 Å². The summed E-state index contributed by atoms with van der Waals surface area (Å²) in [6.45, 7) is 3.85. The fourth-order valence-electron chi connectivity index (χ4n) is 1.61. The van der Waals surface area contributed by atoms with Gasteiger partial charge >= 0.3 is 0 Å². The summed E-state index contributed by atoms with van der Waals surface area (Å²) in [5.41, 5.74) is 6.44. The first-order valence-corrected chi connectivity index (χ1v) is 7.51. The van der Waals surface area contributed by atoms with Crippen molar-refractivity contribution in [1.82, 2.24) is 9.78 Å². The molecule has 0 unspecified atom stereocenters. The minimum atomic E-state index is 0.634. The van der Waals surface area contributed by atoms with E-state index in [1.54, 1.807) is 17.0 Å². The highest BCUT2D eigenvalue weighted by Crippen LogP contribution is 2.23. The molecule has 1 heterocycles. The lowest BCUT2D eigenvalue weighted by Gasteiger charge is -2.04. The molecule has 2 rings (SSSR count). The number of hydrogen-bond donors (Lipinski definition) is 1. The Kier molecular flexibility index (Phi) is 4.44. The predicted molar refractivity (Wildman–Crippen MR) is 86.2 cm³/mol. The molecule has 1 aromatic heterocycles. The topological polar surface area (TPSA) is 56.2 Å². The number of nitrogens with zero attached hydrogens (tertiary/aromatic N) is 3. The van der Waals surface area contributed by atoms with Crippen molar-refractivity contribution in [3.8, 4) is 0 Å². The molecule has 0 aliphatic heterocycles. The third-order valence-corrected chi connectivity index (χ3v) is 3.75. The van der Waals surface area contributed by atoms with Crippen molar-refractivity contribution in [2.24, 2.45) is 10.7 Å². The van der Waals surface area contributed by atoms with E-state index in [0.29, 0.717) is 10.9 Å². The highest BCUT2D eigenvalue weighted by atomic mass is 79.9. The average molecular weight is 337 g/mol. The molecule has 0 saturated heterocycles. The lowest BCUT2D eigenvalue weighted by atomic mass is 10.2. The molecule has 1 aromatic carbocycles. The number of thioether (sulfide) groups is 1. The smallest absolute Gasteiger partial charge is 0.156 e. The summed E-state index contributed by atoms with van der Waals surface area (Å²) in [5, 5.41) is 6.09. The fraction of sp³-hybridized carbons (Fsp3) is 0.0769. The molecule has 0 saturated carbocycles. The van der Waals surface area contributed by atoms with Crippen LogP contribution in [0.5, 0.6) is 0 Å². The van der Waals surface area contributed by atoms with Gasteiger partial charge in [0.25, 0.3) is 0 Å². The summed E-state index contributed by atoms with van der Waals surface area (Å²) in [7, 11) is 0. The summed E-state index contributed by atoms with van der Waals surface area (Å²) in [6.07, 6.45) is 6.86. The second-order valence-electron chi connectivity index (χ2n) is 3.66. The van der Waals surface area contributed by atoms with E-state index in [9.17, 15) is 0 Å². The number of allylic oxidation sites excluding steroid dienone is 1. The zero-order valence-corrected chi connectivity index (χ0v) is 12.8. The van der Waals surface area contributed by atoms with E-state index in [4.69, 9.17) is 5.73 Å². The van der Waals surface area contributed by atoms with Crippen molar-refractivity contribution >= 4 is 44.4 Å². The lowest BCUT2D eigenvalue weighted by molar-refractivity contribution is 0.966. The van der Waals surface area contributed by atoms with Gasteiger partial charge < -0.3 is 5.73 Å². The standard InChI is InChI=1S/C13H13BrN4S/c1-9(19-2)17-13(6-7-15)18-12-5-3-4-11(14)10(12)8-16-18/h3-8H,1,15H2,2H3/b7-6-,17-13+. The van der Waals surface area contributed by atoms with E-state index < -0.39 is 0 Å². The van der Waals surface area contributed by atoms with Gasteiger partial charge in [-0.15, -0.1) is 11.8 Å². The fourth-order valence-corrected chi connectivity index (χ4v) is 2.26. The SMILES string of the molecule is C=C(/N=C(\C=C/N)n1ncc2c(Br)cccc21)SC. The van der Waals surface area contributed by atoms with Crippen molar-refractivity contribution in [2.45, 2.75) is 0 Å². The van der Waals surface area contributed by atoms with Crippen LogP contribution in [0, 0.1) is 0 Å². The summed E-state index contributed by atoms with van der Waals surface area (Å²) >= 11 is 4.98. The van der Waals surface area contributed by atoms with Gasteiger partial charge in [-0.05, 0) is 30.7 Å². The molecule has 0 radical (unpaired) electrons. The highest BCUT2D eigenvalue weighted by Gasteiger charge is 2.08. The van der Waals surface area contributed by atoms with Crippen molar-refractivity contribution in [1.29, 1.82) is 0 Å². The van der Waals surface area contributed by atoms with Gasteiger partial charge in [0.2, 0.25) is 0 Å². The Bertz CT molecular complexity index is 672. The number of nitrogens with two attached hydrogens (primary N) is 1. The summed E-state index contributed by atoms with van der Waals surface area (Å²) in [5.74, 6) is 0.634. The maximum Gasteiger partial charge on any atom is 0.156 e. The third kappa shape index (κ3) is 2.90. The van der Waals surface area contributed by atoms with Gasteiger partial charge in [0.15, 0.2) is 5.84 Å². The van der Waals surface area contributed by atoms with E-state index in [-0.39, 0.29) is 0 Å². The molecule has 0 aliphatic carbocycles. The van der Waals surface area contributed by atoms with Crippen LogP contribution >= 0.6 is 27.7 Å². The first-order valence-electron chi connectivity index (χ1n) is 5.50. The summed E-state index contributed by atoms with van der Waals surface area (Å²) < 4.78 is 2.74. The van der Waals surface area contributed by atoms with Crippen LogP contribution in [0.1, 0.15) is 0 Å². The molecule has 98 valence electrons. The second-order valence-corrected chi connectivity index (χ2v) is 5.39. The number of halogens is 1. The first kappa shape index (κ1) is 13.9. The van der Waals surface area contributed by atoms with Gasteiger partial charge in [-0.25, -0.2) is 9.67 Å². The molecule has 4 nitrogen and oxygen atoms in total. The van der Waals surface area contributed by atoms with Crippen LogP contribution < -0.4 is 5.73 Å².